The van der Waals surface area contributed by atoms with Crippen LogP contribution in [0.5, 0.6) is 0 Å². The van der Waals surface area contributed by atoms with Gasteiger partial charge in [-0.15, -0.1) is 11.3 Å². The fourth-order valence-electron chi connectivity index (χ4n) is 3.47. The molecule has 140 valence electrons. The minimum absolute atomic E-state index is 0.183. The number of carbonyl (C=O) groups is 2. The summed E-state index contributed by atoms with van der Waals surface area (Å²) in [5.41, 5.74) is 3.13. The Morgan fingerprint density at radius 1 is 1.30 bits per heavy atom. The van der Waals surface area contributed by atoms with Gasteiger partial charge in [0, 0.05) is 0 Å². The zero-order chi connectivity index (χ0) is 19.1. The molecular formula is C18H15Cl2N3O3S. The van der Waals surface area contributed by atoms with Gasteiger partial charge in [-0.2, -0.15) is 0 Å². The molecule has 0 saturated heterocycles. The van der Waals surface area contributed by atoms with E-state index in [0.717, 1.165) is 15.8 Å². The van der Waals surface area contributed by atoms with Crippen LogP contribution < -0.4 is 10.6 Å². The maximum Gasteiger partial charge on any atom is 0.317 e. The lowest BCUT2D eigenvalue weighted by molar-refractivity contribution is -0.136. The first-order chi connectivity index (χ1) is 12.9. The van der Waals surface area contributed by atoms with Crippen molar-refractivity contribution in [1.29, 1.82) is 0 Å². The highest BCUT2D eigenvalue weighted by Crippen LogP contribution is 2.39. The summed E-state index contributed by atoms with van der Waals surface area (Å²) in [4.78, 5) is 26.7. The molecule has 0 aliphatic heterocycles. The predicted molar refractivity (Wildman–Crippen MR) is 106 cm³/mol. The first-order valence-corrected chi connectivity index (χ1v) is 9.81. The number of halogens is 2. The zero-order valence-electron chi connectivity index (χ0n) is 13.9. The van der Waals surface area contributed by atoms with Crippen molar-refractivity contribution in [3.8, 4) is 0 Å². The lowest BCUT2D eigenvalue weighted by Crippen LogP contribution is -2.44. The van der Waals surface area contributed by atoms with E-state index < -0.39 is 5.97 Å². The van der Waals surface area contributed by atoms with E-state index in [2.05, 4.69) is 15.6 Å². The SMILES string of the molecule is O=C(O)CN[C@@H]1c2ccccc2CC1NC(=O)c1cc2sc(Cl)c(Cl)c2[nH]1. The number of aliphatic carboxylic acids is 1. The van der Waals surface area contributed by atoms with Gasteiger partial charge in [0.2, 0.25) is 0 Å². The monoisotopic (exact) mass is 423 g/mol. The van der Waals surface area contributed by atoms with Crippen LogP contribution in [0.3, 0.4) is 0 Å². The number of H-pyrrole nitrogens is 1. The van der Waals surface area contributed by atoms with Gasteiger partial charge in [-0.3, -0.25) is 14.9 Å². The van der Waals surface area contributed by atoms with E-state index >= 15 is 0 Å². The maximum atomic E-state index is 12.7. The highest BCUT2D eigenvalue weighted by Gasteiger charge is 2.33. The molecule has 0 fully saturated rings. The quantitative estimate of drug-likeness (QED) is 0.504. The highest BCUT2D eigenvalue weighted by molar-refractivity contribution is 7.23. The molecule has 0 radical (unpaired) electrons. The number of amides is 1. The largest absolute Gasteiger partial charge is 0.480 e. The number of aromatic nitrogens is 1. The Bertz CT molecular complexity index is 1050. The summed E-state index contributed by atoms with van der Waals surface area (Å²) in [7, 11) is 0. The van der Waals surface area contributed by atoms with E-state index in [-0.39, 0.29) is 24.5 Å². The maximum absolute atomic E-state index is 12.7. The van der Waals surface area contributed by atoms with Gasteiger partial charge in [-0.25, -0.2) is 0 Å². The van der Waals surface area contributed by atoms with E-state index in [1.165, 1.54) is 11.3 Å². The van der Waals surface area contributed by atoms with E-state index in [1.807, 2.05) is 24.3 Å². The van der Waals surface area contributed by atoms with E-state index in [9.17, 15) is 9.59 Å². The molecule has 1 aliphatic rings. The van der Waals surface area contributed by atoms with Crippen LogP contribution in [0.15, 0.2) is 30.3 Å². The minimum Gasteiger partial charge on any atom is -0.480 e. The van der Waals surface area contributed by atoms with Crippen LogP contribution in [0.4, 0.5) is 0 Å². The zero-order valence-corrected chi connectivity index (χ0v) is 16.2. The number of rotatable bonds is 5. The van der Waals surface area contributed by atoms with Crippen molar-refractivity contribution in [3.05, 3.63) is 56.5 Å². The van der Waals surface area contributed by atoms with Crippen molar-refractivity contribution in [3.63, 3.8) is 0 Å². The Balaban J connectivity index is 1.56. The van der Waals surface area contributed by atoms with Crippen molar-refractivity contribution in [2.45, 2.75) is 18.5 Å². The molecule has 2 atom stereocenters. The Labute approximate surface area is 168 Å². The van der Waals surface area contributed by atoms with Crippen LogP contribution in [0.2, 0.25) is 9.36 Å². The molecule has 1 amide bonds. The Kier molecular flexibility index (Phi) is 4.86. The molecule has 9 heteroatoms. The average molecular weight is 424 g/mol. The van der Waals surface area contributed by atoms with E-state index in [4.69, 9.17) is 28.3 Å². The molecular weight excluding hydrogens is 409 g/mol. The van der Waals surface area contributed by atoms with Gasteiger partial charge in [0.05, 0.1) is 33.9 Å². The van der Waals surface area contributed by atoms with Gasteiger partial charge >= 0.3 is 5.97 Å². The number of fused-ring (bicyclic) bond motifs is 2. The molecule has 0 saturated carbocycles. The van der Waals surface area contributed by atoms with Gasteiger partial charge in [-0.05, 0) is 23.6 Å². The lowest BCUT2D eigenvalue weighted by Gasteiger charge is -2.22. The summed E-state index contributed by atoms with van der Waals surface area (Å²) in [5.74, 6) is -1.22. The first kappa shape index (κ1) is 18.3. The van der Waals surface area contributed by atoms with Crippen molar-refractivity contribution in [2.75, 3.05) is 6.54 Å². The third kappa shape index (κ3) is 3.43. The van der Waals surface area contributed by atoms with E-state index in [1.54, 1.807) is 6.07 Å². The van der Waals surface area contributed by atoms with Gasteiger partial charge in [0.15, 0.2) is 0 Å². The number of benzene rings is 1. The fraction of sp³-hybridized carbons (Fsp3) is 0.222. The van der Waals surface area contributed by atoms with Crippen LogP contribution in [-0.4, -0.2) is 34.6 Å². The second-order valence-corrected chi connectivity index (χ2v) is 8.38. The van der Waals surface area contributed by atoms with Gasteiger partial charge in [0.25, 0.3) is 5.91 Å². The molecule has 1 unspecified atom stereocenters. The van der Waals surface area contributed by atoms with Crippen LogP contribution in [0.25, 0.3) is 10.2 Å². The summed E-state index contributed by atoms with van der Waals surface area (Å²) in [6.45, 7) is -0.183. The molecule has 4 rings (SSSR count). The predicted octanol–water partition coefficient (Wildman–Crippen LogP) is 3.61. The molecule has 2 heterocycles. The minimum atomic E-state index is -0.944. The Morgan fingerprint density at radius 2 is 2.07 bits per heavy atom. The molecule has 1 aromatic carbocycles. The van der Waals surface area contributed by atoms with Crippen molar-refractivity contribution in [1.82, 2.24) is 15.6 Å². The van der Waals surface area contributed by atoms with Crippen molar-refractivity contribution in [2.24, 2.45) is 0 Å². The third-order valence-corrected chi connectivity index (χ3v) is 6.57. The van der Waals surface area contributed by atoms with Gasteiger partial charge in [0.1, 0.15) is 10.0 Å². The number of carbonyl (C=O) groups excluding carboxylic acids is 1. The number of carboxylic acid groups (broad SMARTS) is 1. The highest BCUT2D eigenvalue weighted by atomic mass is 35.5. The number of carboxylic acids is 1. The van der Waals surface area contributed by atoms with Crippen LogP contribution >= 0.6 is 34.5 Å². The fourth-order valence-corrected chi connectivity index (χ4v) is 4.95. The number of nitrogens with one attached hydrogen (secondary N) is 3. The Morgan fingerprint density at radius 3 is 2.81 bits per heavy atom. The van der Waals surface area contributed by atoms with Crippen molar-refractivity contribution >= 4 is 56.6 Å². The van der Waals surface area contributed by atoms with Crippen LogP contribution in [0, 0.1) is 0 Å². The molecule has 6 nitrogen and oxygen atoms in total. The first-order valence-electron chi connectivity index (χ1n) is 8.24. The molecule has 2 aromatic heterocycles. The second kappa shape index (κ2) is 7.16. The van der Waals surface area contributed by atoms with E-state index in [0.29, 0.717) is 27.0 Å². The molecule has 0 bridgehead atoms. The lowest BCUT2D eigenvalue weighted by atomic mass is 10.1. The average Bonchev–Trinajstić information content (AvgIpc) is 3.27. The normalized spacial score (nSPS) is 18.6. The van der Waals surface area contributed by atoms with Crippen LogP contribution in [-0.2, 0) is 11.2 Å². The Hall–Kier alpha value is -2.06. The number of aromatic amines is 1. The third-order valence-electron chi connectivity index (χ3n) is 4.64. The summed E-state index contributed by atoms with van der Waals surface area (Å²) >= 11 is 13.4. The van der Waals surface area contributed by atoms with Crippen LogP contribution in [0.1, 0.15) is 27.7 Å². The smallest absolute Gasteiger partial charge is 0.317 e. The summed E-state index contributed by atoms with van der Waals surface area (Å²) in [6, 6.07) is 8.97. The number of hydrogen-bond donors (Lipinski definition) is 4. The number of thiophene rings is 1. The molecule has 0 spiro atoms. The summed E-state index contributed by atoms with van der Waals surface area (Å²) in [5, 5.41) is 15.4. The molecule has 3 aromatic rings. The topological polar surface area (TPSA) is 94.2 Å². The van der Waals surface area contributed by atoms with Crippen molar-refractivity contribution < 1.29 is 14.7 Å². The molecule has 4 N–H and O–H groups in total. The standard InChI is InChI=1S/C18H15Cl2N3O3S/c19-14-16-12(27-17(14)20)6-11(22-16)18(26)23-10-5-8-3-1-2-4-9(8)15(10)21-7-13(24)25/h1-4,6,10,15,21-22H,5,7H2,(H,23,26)(H,24,25)/t10?,15-/m1/s1. The van der Waals surface area contributed by atoms with Gasteiger partial charge in [-0.1, -0.05) is 47.5 Å². The molecule has 27 heavy (non-hydrogen) atoms. The molecule has 1 aliphatic carbocycles. The second-order valence-electron chi connectivity index (χ2n) is 6.35. The summed E-state index contributed by atoms with van der Waals surface area (Å²) in [6.07, 6.45) is 0.626. The summed E-state index contributed by atoms with van der Waals surface area (Å²) < 4.78 is 1.29. The number of hydrogen-bond acceptors (Lipinski definition) is 4. The van der Waals surface area contributed by atoms with Gasteiger partial charge < -0.3 is 15.4 Å².